The van der Waals surface area contributed by atoms with Crippen LogP contribution in [0.5, 0.6) is 0 Å². The van der Waals surface area contributed by atoms with Gasteiger partial charge < -0.3 is 23.8 Å². The molecule has 0 aromatic heterocycles. The van der Waals surface area contributed by atoms with Crippen LogP contribution < -0.4 is 5.32 Å². The van der Waals surface area contributed by atoms with Gasteiger partial charge in [-0.15, -0.1) is 0 Å². The summed E-state index contributed by atoms with van der Waals surface area (Å²) in [5.41, 5.74) is 0. The van der Waals surface area contributed by atoms with Gasteiger partial charge in [-0.25, -0.2) is 0 Å². The largest absolute Gasteiger partial charge is 0.354 e. The van der Waals surface area contributed by atoms with Crippen LogP contribution in [0, 0.1) is 0 Å². The summed E-state index contributed by atoms with van der Waals surface area (Å²) in [6.45, 7) is 11.3. The van der Waals surface area contributed by atoms with Crippen LogP contribution in [0.3, 0.4) is 0 Å². The molecule has 0 saturated heterocycles. The summed E-state index contributed by atoms with van der Waals surface area (Å²) >= 11 is 0. The molecule has 0 saturated carbocycles. The third-order valence-corrected chi connectivity index (χ3v) is 14.5. The monoisotopic (exact) mass is 966 g/mol. The first-order chi connectivity index (χ1) is 32.6. The van der Waals surface area contributed by atoms with Crippen LogP contribution in [-0.4, -0.2) is 62.4 Å². The topological polar surface area (TPSA) is 117 Å². The molecule has 0 aliphatic rings. The van der Waals surface area contributed by atoms with Crippen molar-refractivity contribution >= 4 is 25.1 Å². The average Bonchev–Trinajstić information content (AvgIpc) is 3.31. The fourth-order valence-corrected chi connectivity index (χ4v) is 9.69. The SMILES string of the molecule is CCCCCCCCC/C=C\CCCCCCCC(=O)CCCOP(=O)(CCCOC(C)(C)OCCCC(=O)CC)OCCNC(=O)CCCCCCCC/C=C\CCCCCCCCCC. The third-order valence-electron chi connectivity index (χ3n) is 12.5. The van der Waals surface area contributed by atoms with Gasteiger partial charge in [0.2, 0.25) is 5.91 Å². The van der Waals surface area contributed by atoms with Gasteiger partial charge in [0, 0.05) is 38.6 Å². The highest BCUT2D eigenvalue weighted by atomic mass is 31.2. The number of hydrogen-bond donors (Lipinski definition) is 1. The fraction of sp³-hybridized carbons (Fsp3) is 0.877. The summed E-state index contributed by atoms with van der Waals surface area (Å²) in [6, 6.07) is 0. The lowest BCUT2D eigenvalue weighted by Gasteiger charge is -2.26. The molecular weight excluding hydrogens is 858 g/mol. The smallest absolute Gasteiger partial charge is 0.330 e. The second-order valence-electron chi connectivity index (χ2n) is 19.5. The highest BCUT2D eigenvalue weighted by molar-refractivity contribution is 7.53. The summed E-state index contributed by atoms with van der Waals surface area (Å²) in [5, 5.41) is 2.91. The lowest BCUT2D eigenvalue weighted by Crippen LogP contribution is -2.29. The number of ether oxygens (including phenoxy) is 2. The maximum Gasteiger partial charge on any atom is 0.330 e. The van der Waals surface area contributed by atoms with Crippen LogP contribution >= 0.6 is 7.60 Å². The second-order valence-corrected chi connectivity index (χ2v) is 21.7. The molecule has 0 aromatic rings. The summed E-state index contributed by atoms with van der Waals surface area (Å²) in [4.78, 5) is 36.8. The van der Waals surface area contributed by atoms with E-state index in [-0.39, 0.29) is 43.4 Å². The molecule has 0 bridgehead atoms. The van der Waals surface area contributed by atoms with Gasteiger partial charge in [0.25, 0.3) is 0 Å². The zero-order chi connectivity index (χ0) is 49.2. The average molecular weight is 966 g/mol. The van der Waals surface area contributed by atoms with Crippen molar-refractivity contribution in [1.82, 2.24) is 5.32 Å². The van der Waals surface area contributed by atoms with Gasteiger partial charge in [-0.3, -0.25) is 18.9 Å². The molecule has 10 heteroatoms. The lowest BCUT2D eigenvalue weighted by molar-refractivity contribution is -0.213. The van der Waals surface area contributed by atoms with E-state index in [1.807, 2.05) is 20.8 Å². The number of hydrogen-bond acceptors (Lipinski definition) is 8. The van der Waals surface area contributed by atoms with Gasteiger partial charge in [0.1, 0.15) is 11.6 Å². The summed E-state index contributed by atoms with van der Waals surface area (Å²) in [6.07, 6.45) is 51.1. The van der Waals surface area contributed by atoms with E-state index in [0.717, 1.165) is 44.9 Å². The van der Waals surface area contributed by atoms with E-state index in [1.165, 1.54) is 148 Å². The van der Waals surface area contributed by atoms with Gasteiger partial charge in [-0.2, -0.15) is 0 Å². The van der Waals surface area contributed by atoms with Crippen molar-refractivity contribution in [2.75, 3.05) is 39.1 Å². The number of amides is 1. The van der Waals surface area contributed by atoms with Gasteiger partial charge in [-0.05, 0) is 97.3 Å². The van der Waals surface area contributed by atoms with Crippen molar-refractivity contribution in [1.29, 1.82) is 0 Å². The van der Waals surface area contributed by atoms with Crippen molar-refractivity contribution in [2.24, 2.45) is 0 Å². The number of carbonyl (C=O) groups excluding carboxylic acids is 3. The molecule has 1 atom stereocenters. The zero-order valence-electron chi connectivity index (χ0n) is 44.6. The molecule has 9 nitrogen and oxygen atoms in total. The zero-order valence-corrected chi connectivity index (χ0v) is 45.5. The molecular formula is C57H108NO8P. The molecule has 1 unspecified atom stereocenters. The van der Waals surface area contributed by atoms with Crippen molar-refractivity contribution < 1.29 is 37.5 Å². The lowest BCUT2D eigenvalue weighted by atomic mass is 10.1. The van der Waals surface area contributed by atoms with E-state index in [2.05, 4.69) is 43.5 Å². The Morgan fingerprint density at radius 2 is 0.806 bits per heavy atom. The molecule has 1 amide bonds. The Kier molecular flexibility index (Phi) is 48.1. The number of carbonyl (C=O) groups is 3. The molecule has 0 fully saturated rings. The first-order valence-corrected chi connectivity index (χ1v) is 30.1. The first-order valence-electron chi connectivity index (χ1n) is 28.3. The molecule has 0 spiro atoms. The minimum absolute atomic E-state index is 0.0179. The quantitative estimate of drug-likeness (QED) is 0.0277. The Morgan fingerprint density at radius 3 is 1.28 bits per heavy atom. The first kappa shape index (κ1) is 65.4. The highest BCUT2D eigenvalue weighted by Crippen LogP contribution is 2.48. The number of Topliss-reactive ketones (excluding diaryl/α,β-unsaturated/α-hetero) is 2. The summed E-state index contributed by atoms with van der Waals surface area (Å²) in [5.74, 6) is -0.429. The number of nitrogens with one attached hydrogen (secondary N) is 1. The molecule has 67 heavy (non-hydrogen) atoms. The summed E-state index contributed by atoms with van der Waals surface area (Å²) < 4.78 is 37.4. The molecule has 0 heterocycles. The van der Waals surface area contributed by atoms with Crippen molar-refractivity contribution in [3.05, 3.63) is 24.3 Å². The van der Waals surface area contributed by atoms with E-state index in [4.69, 9.17) is 18.5 Å². The van der Waals surface area contributed by atoms with Crippen molar-refractivity contribution in [2.45, 2.75) is 284 Å². The Hall–Kier alpha value is -1.64. The Bertz CT molecular complexity index is 1240. The number of unbranched alkanes of at least 4 members (excludes halogenated alkanes) is 26. The molecule has 0 aliphatic carbocycles. The minimum Gasteiger partial charge on any atom is -0.354 e. The van der Waals surface area contributed by atoms with Crippen molar-refractivity contribution in [3.8, 4) is 0 Å². The molecule has 0 aliphatic heterocycles. The summed E-state index contributed by atoms with van der Waals surface area (Å²) in [7, 11) is -3.50. The Morgan fingerprint density at radius 1 is 0.433 bits per heavy atom. The number of rotatable bonds is 54. The van der Waals surface area contributed by atoms with Crippen LogP contribution in [0.15, 0.2) is 24.3 Å². The van der Waals surface area contributed by atoms with E-state index in [1.54, 1.807) is 0 Å². The normalized spacial score (nSPS) is 13.0. The molecule has 0 aromatic carbocycles. The van der Waals surface area contributed by atoms with E-state index in [9.17, 15) is 18.9 Å². The highest BCUT2D eigenvalue weighted by Gasteiger charge is 2.26. The predicted octanol–water partition coefficient (Wildman–Crippen LogP) is 17.2. The van der Waals surface area contributed by atoms with Gasteiger partial charge in [-0.1, -0.05) is 173 Å². The molecule has 0 radical (unpaired) electrons. The standard InChI is InChI=1S/C57H108NO8P/c1-6-9-11-13-15-17-19-21-23-25-26-28-30-32-34-36-38-40-47-56(61)58-48-52-66-67(62,53-43-50-64-57(4,5)63-49-41-45-54(59)8-3)65-51-42-46-55(60)44-39-37-35-33-31-29-27-24-22-20-18-16-14-12-10-7-2/h24-27H,6-23,28-53H2,1-5H3,(H,58,61)/b26-25-,27-24-. The maximum atomic E-state index is 13.9. The third kappa shape index (κ3) is 49.1. The van der Waals surface area contributed by atoms with E-state index < -0.39 is 13.4 Å². The number of allylic oxidation sites excluding steroid dienone is 4. The van der Waals surface area contributed by atoms with Crippen LogP contribution in [-0.2, 0) is 37.5 Å². The van der Waals surface area contributed by atoms with Crippen LogP contribution in [0.25, 0.3) is 0 Å². The van der Waals surface area contributed by atoms with Crippen LogP contribution in [0.1, 0.15) is 279 Å². The fourth-order valence-electron chi connectivity index (χ4n) is 8.07. The van der Waals surface area contributed by atoms with Gasteiger partial charge >= 0.3 is 7.60 Å². The van der Waals surface area contributed by atoms with Crippen molar-refractivity contribution in [3.63, 3.8) is 0 Å². The molecule has 1 N–H and O–H groups in total. The van der Waals surface area contributed by atoms with Gasteiger partial charge in [0.15, 0.2) is 5.79 Å². The Labute approximate surface area is 414 Å². The second kappa shape index (κ2) is 49.3. The van der Waals surface area contributed by atoms with E-state index >= 15 is 0 Å². The van der Waals surface area contributed by atoms with Crippen LogP contribution in [0.4, 0.5) is 0 Å². The molecule has 394 valence electrons. The molecule has 0 rings (SSSR count). The van der Waals surface area contributed by atoms with E-state index in [0.29, 0.717) is 64.6 Å². The predicted molar refractivity (Wildman–Crippen MR) is 284 cm³/mol. The Balaban J connectivity index is 4.39. The van der Waals surface area contributed by atoms with Crippen LogP contribution in [0.2, 0.25) is 0 Å². The van der Waals surface area contributed by atoms with Gasteiger partial charge in [0.05, 0.1) is 32.6 Å². The maximum absolute atomic E-state index is 13.9. The minimum atomic E-state index is -3.50. The number of ketones is 2.